The number of hydrogen-bond donors (Lipinski definition) is 4. The summed E-state index contributed by atoms with van der Waals surface area (Å²) >= 11 is 0. The van der Waals surface area contributed by atoms with Gasteiger partial charge in [-0.25, -0.2) is 0 Å². The fourth-order valence-electron chi connectivity index (χ4n) is 5.17. The molecule has 4 rings (SSSR count). The number of ether oxygens (including phenoxy) is 1. The molecular weight excluding hydrogens is 504 g/mol. The highest BCUT2D eigenvalue weighted by molar-refractivity contribution is 5.83. The molecule has 4 N–H and O–H groups in total. The SMILES string of the molecule is COc1ccccc1CN(C)C(=O)C(Cc1ccccc1)NC(C)N[C@H](CC(=O)O)Cc1c[nH]c2ccccc12. The van der Waals surface area contributed by atoms with Gasteiger partial charge in [0.25, 0.3) is 0 Å². The van der Waals surface area contributed by atoms with Crippen LogP contribution in [0.15, 0.2) is 85.1 Å². The van der Waals surface area contributed by atoms with Crippen LogP contribution >= 0.6 is 0 Å². The molecule has 0 radical (unpaired) electrons. The number of aliphatic carboxylic acids is 1. The second-order valence-electron chi connectivity index (χ2n) is 10.2. The first-order valence-corrected chi connectivity index (χ1v) is 13.5. The average molecular weight is 543 g/mol. The molecule has 8 heteroatoms. The van der Waals surface area contributed by atoms with E-state index in [1.807, 2.05) is 92.0 Å². The van der Waals surface area contributed by atoms with E-state index >= 15 is 0 Å². The van der Waals surface area contributed by atoms with Gasteiger partial charge in [-0.1, -0.05) is 66.7 Å². The van der Waals surface area contributed by atoms with Gasteiger partial charge in [0.05, 0.1) is 25.7 Å². The maximum atomic E-state index is 13.7. The number of aromatic nitrogens is 1. The van der Waals surface area contributed by atoms with Crippen molar-refractivity contribution < 1.29 is 19.4 Å². The summed E-state index contributed by atoms with van der Waals surface area (Å²) in [5, 5.41) is 17.6. The van der Waals surface area contributed by atoms with E-state index in [0.717, 1.165) is 33.3 Å². The maximum Gasteiger partial charge on any atom is 0.304 e. The number of carboxylic acid groups (broad SMARTS) is 1. The predicted octanol–water partition coefficient (Wildman–Crippen LogP) is 4.36. The largest absolute Gasteiger partial charge is 0.496 e. The quantitative estimate of drug-likeness (QED) is 0.177. The minimum Gasteiger partial charge on any atom is -0.496 e. The van der Waals surface area contributed by atoms with Crippen LogP contribution in [0.4, 0.5) is 0 Å². The number of hydrogen-bond acceptors (Lipinski definition) is 5. The van der Waals surface area contributed by atoms with Gasteiger partial charge in [0.15, 0.2) is 0 Å². The number of amides is 1. The molecule has 0 saturated carbocycles. The minimum absolute atomic E-state index is 0.0451. The van der Waals surface area contributed by atoms with Crippen LogP contribution in [-0.2, 0) is 29.0 Å². The van der Waals surface area contributed by atoms with E-state index in [9.17, 15) is 14.7 Å². The number of rotatable bonds is 14. The second-order valence-corrected chi connectivity index (χ2v) is 10.2. The van der Waals surface area contributed by atoms with Crippen LogP contribution in [0.2, 0.25) is 0 Å². The lowest BCUT2D eigenvalue weighted by molar-refractivity contribution is -0.138. The van der Waals surface area contributed by atoms with Gasteiger partial charge < -0.3 is 19.7 Å². The van der Waals surface area contributed by atoms with Gasteiger partial charge >= 0.3 is 5.97 Å². The number of fused-ring (bicyclic) bond motifs is 1. The molecule has 1 heterocycles. The van der Waals surface area contributed by atoms with Gasteiger partial charge in [0.1, 0.15) is 5.75 Å². The first-order valence-electron chi connectivity index (χ1n) is 13.5. The molecular formula is C32H38N4O4. The molecule has 1 aromatic heterocycles. The number of carbonyl (C=O) groups excluding carboxylic acids is 1. The van der Waals surface area contributed by atoms with Crippen molar-refractivity contribution in [3.8, 4) is 5.75 Å². The molecule has 210 valence electrons. The number of methoxy groups -OCH3 is 1. The molecule has 0 spiro atoms. The van der Waals surface area contributed by atoms with Crippen LogP contribution in [0.25, 0.3) is 10.9 Å². The summed E-state index contributed by atoms with van der Waals surface area (Å²) < 4.78 is 5.48. The Kier molecular flexibility index (Phi) is 9.94. The Morgan fingerprint density at radius 3 is 2.38 bits per heavy atom. The molecule has 0 fully saturated rings. The lowest BCUT2D eigenvalue weighted by Crippen LogP contribution is -2.55. The van der Waals surface area contributed by atoms with Crippen LogP contribution in [0.3, 0.4) is 0 Å². The number of carbonyl (C=O) groups is 2. The smallest absolute Gasteiger partial charge is 0.304 e. The van der Waals surface area contributed by atoms with Crippen molar-refractivity contribution in [2.75, 3.05) is 14.2 Å². The van der Waals surface area contributed by atoms with Crippen molar-refractivity contribution in [1.29, 1.82) is 0 Å². The second kappa shape index (κ2) is 13.8. The Morgan fingerprint density at radius 2 is 1.62 bits per heavy atom. The van der Waals surface area contributed by atoms with Crippen LogP contribution in [0, 0.1) is 0 Å². The molecule has 8 nitrogen and oxygen atoms in total. The molecule has 40 heavy (non-hydrogen) atoms. The third-order valence-electron chi connectivity index (χ3n) is 7.06. The Hall–Kier alpha value is -4.14. The minimum atomic E-state index is -0.877. The monoisotopic (exact) mass is 542 g/mol. The van der Waals surface area contributed by atoms with Crippen molar-refractivity contribution in [3.05, 3.63) is 102 Å². The molecule has 1 amide bonds. The van der Waals surface area contributed by atoms with Crippen LogP contribution < -0.4 is 15.4 Å². The number of nitrogens with zero attached hydrogens (tertiary/aromatic N) is 1. The lowest BCUT2D eigenvalue weighted by Gasteiger charge is -2.30. The van der Waals surface area contributed by atoms with Crippen LogP contribution in [0.1, 0.15) is 30.0 Å². The molecule has 0 aliphatic carbocycles. The first-order chi connectivity index (χ1) is 19.3. The number of likely N-dealkylation sites (N-methyl/N-ethyl adjacent to an activating group) is 1. The van der Waals surface area contributed by atoms with E-state index in [-0.39, 0.29) is 24.5 Å². The van der Waals surface area contributed by atoms with Crippen molar-refractivity contribution >= 4 is 22.8 Å². The van der Waals surface area contributed by atoms with Gasteiger partial charge in [-0.2, -0.15) is 0 Å². The molecule has 0 aliphatic rings. The molecule has 0 bridgehead atoms. The van der Waals surface area contributed by atoms with E-state index in [0.29, 0.717) is 19.4 Å². The summed E-state index contributed by atoms with van der Waals surface area (Å²) in [6, 6.07) is 24.7. The third kappa shape index (κ3) is 7.71. The molecule has 0 saturated heterocycles. The number of nitrogens with one attached hydrogen (secondary N) is 3. The van der Waals surface area contributed by atoms with Gasteiger partial charge in [-0.3, -0.25) is 20.2 Å². The average Bonchev–Trinajstić information content (AvgIpc) is 3.35. The summed E-state index contributed by atoms with van der Waals surface area (Å²) in [5.41, 5.74) is 4.03. The number of H-pyrrole nitrogens is 1. The molecule has 0 aliphatic heterocycles. The molecule has 3 atom stereocenters. The summed E-state index contributed by atoms with van der Waals surface area (Å²) in [6.07, 6.45) is 2.60. The summed E-state index contributed by atoms with van der Waals surface area (Å²) in [4.78, 5) is 30.4. The fourth-order valence-corrected chi connectivity index (χ4v) is 5.17. The zero-order valence-electron chi connectivity index (χ0n) is 23.3. The summed E-state index contributed by atoms with van der Waals surface area (Å²) in [7, 11) is 3.41. The number of carboxylic acids is 1. The maximum absolute atomic E-state index is 13.7. The van der Waals surface area contributed by atoms with Gasteiger partial charge in [0, 0.05) is 42.3 Å². The molecule has 4 aromatic rings. The van der Waals surface area contributed by atoms with E-state index in [4.69, 9.17) is 4.74 Å². The zero-order valence-corrected chi connectivity index (χ0v) is 23.3. The van der Waals surface area contributed by atoms with Crippen molar-refractivity contribution in [1.82, 2.24) is 20.5 Å². The topological polar surface area (TPSA) is 107 Å². The summed E-state index contributed by atoms with van der Waals surface area (Å²) in [6.45, 7) is 2.33. The third-order valence-corrected chi connectivity index (χ3v) is 7.06. The number of aromatic amines is 1. The van der Waals surface area contributed by atoms with E-state index in [1.54, 1.807) is 19.1 Å². The Morgan fingerprint density at radius 1 is 0.925 bits per heavy atom. The van der Waals surface area contributed by atoms with Gasteiger partial charge in [-0.05, 0) is 43.0 Å². The van der Waals surface area contributed by atoms with E-state index in [1.165, 1.54) is 0 Å². The Labute approximate surface area is 235 Å². The number of para-hydroxylation sites is 2. The highest BCUT2D eigenvalue weighted by Crippen LogP contribution is 2.21. The summed E-state index contributed by atoms with van der Waals surface area (Å²) in [5.74, 6) is -0.202. The van der Waals surface area contributed by atoms with Crippen molar-refractivity contribution in [2.24, 2.45) is 0 Å². The van der Waals surface area contributed by atoms with Gasteiger partial charge in [-0.15, -0.1) is 0 Å². The Bertz CT molecular complexity index is 1400. The van der Waals surface area contributed by atoms with E-state index in [2.05, 4.69) is 15.6 Å². The molecule has 3 aromatic carbocycles. The van der Waals surface area contributed by atoms with Crippen LogP contribution in [-0.4, -0.2) is 59.3 Å². The first kappa shape index (κ1) is 28.9. The predicted molar refractivity (Wildman–Crippen MR) is 157 cm³/mol. The zero-order chi connectivity index (χ0) is 28.5. The highest BCUT2D eigenvalue weighted by atomic mass is 16.5. The molecule has 2 unspecified atom stereocenters. The van der Waals surface area contributed by atoms with E-state index < -0.39 is 12.0 Å². The van der Waals surface area contributed by atoms with Gasteiger partial charge in [0.2, 0.25) is 5.91 Å². The van der Waals surface area contributed by atoms with Crippen molar-refractivity contribution in [3.63, 3.8) is 0 Å². The van der Waals surface area contributed by atoms with Crippen molar-refractivity contribution in [2.45, 2.75) is 51.0 Å². The van der Waals surface area contributed by atoms with Crippen LogP contribution in [0.5, 0.6) is 5.75 Å². The normalized spacial score (nSPS) is 13.5. The lowest BCUT2D eigenvalue weighted by atomic mass is 10.0. The fraction of sp³-hybridized carbons (Fsp3) is 0.312. The highest BCUT2D eigenvalue weighted by Gasteiger charge is 2.26. The Balaban J connectivity index is 1.49. The standard InChI is InChI=1S/C32H38N4O4/c1-22(34-26(19-31(37)38)18-25-20-33-28-15-9-8-14-27(25)28)35-29(17-23-11-5-4-6-12-23)32(39)36(2)21-24-13-7-10-16-30(24)40-3/h4-16,20,22,26,29,33-35H,17-19,21H2,1-3H3,(H,37,38)/t22?,26-,29?/m0/s1. The number of benzene rings is 3.